The fourth-order valence-electron chi connectivity index (χ4n) is 1.63. The number of nitrogens with zero attached hydrogens (tertiary/aromatic N) is 2. The van der Waals surface area contributed by atoms with Crippen LogP contribution < -0.4 is 5.32 Å². The van der Waals surface area contributed by atoms with Crippen LogP contribution in [0.1, 0.15) is 23.0 Å². The Morgan fingerprint density at radius 2 is 2.08 bits per heavy atom. The Hall–Kier alpha value is -2.26. The summed E-state index contributed by atoms with van der Waals surface area (Å²) in [4.78, 5) is 35.3. The zero-order chi connectivity index (χ0) is 17.4. The maximum Gasteiger partial charge on any atom is 0.313 e. The Balaban J connectivity index is 1.80. The van der Waals surface area contributed by atoms with E-state index in [0.29, 0.717) is 15.7 Å². The molecule has 0 saturated carbocycles. The van der Waals surface area contributed by atoms with Gasteiger partial charge in [0.05, 0.1) is 17.2 Å². The molecule has 24 heavy (non-hydrogen) atoms. The van der Waals surface area contributed by atoms with Gasteiger partial charge in [-0.3, -0.25) is 14.4 Å². The van der Waals surface area contributed by atoms with Crippen LogP contribution in [0.15, 0.2) is 34.7 Å². The number of esters is 1. The summed E-state index contributed by atoms with van der Waals surface area (Å²) in [6, 6.07) is 6.76. The number of carbonyl (C=O) groups excluding carboxylic acids is 3. The lowest BCUT2D eigenvalue weighted by Crippen LogP contribution is -2.13. The number of anilines is 1. The number of aromatic nitrogens is 2. The van der Waals surface area contributed by atoms with Gasteiger partial charge in [0, 0.05) is 0 Å². The number of ether oxygens (including phenoxy) is 1. The van der Waals surface area contributed by atoms with Gasteiger partial charge in [-0.25, -0.2) is 0 Å². The second-order valence-electron chi connectivity index (χ2n) is 4.50. The highest BCUT2D eigenvalue weighted by Crippen LogP contribution is 2.17. The van der Waals surface area contributed by atoms with Gasteiger partial charge in [-0.15, -0.1) is 21.5 Å². The number of hydrogen-bond acceptors (Lipinski definition) is 8. The number of ketones is 1. The summed E-state index contributed by atoms with van der Waals surface area (Å²) in [5, 5.41) is 12.8. The lowest BCUT2D eigenvalue weighted by Gasteiger charge is -2.03. The van der Waals surface area contributed by atoms with Crippen molar-refractivity contribution in [2.45, 2.75) is 18.4 Å². The fourth-order valence-corrected chi connectivity index (χ4v) is 2.92. The zero-order valence-corrected chi connectivity index (χ0v) is 14.5. The van der Waals surface area contributed by atoms with E-state index in [0.717, 1.165) is 0 Å². The van der Waals surface area contributed by atoms with Crippen LogP contribution >= 0.6 is 23.1 Å². The van der Waals surface area contributed by atoms with Gasteiger partial charge in [-0.2, -0.15) is 0 Å². The molecule has 2 aromatic heterocycles. The van der Waals surface area contributed by atoms with Gasteiger partial charge in [0.15, 0.2) is 11.6 Å². The summed E-state index contributed by atoms with van der Waals surface area (Å²) in [6.07, 6.45) is -0.247. The predicted octanol–water partition coefficient (Wildman–Crippen LogP) is 2.40. The summed E-state index contributed by atoms with van der Waals surface area (Å²) in [5.74, 6) is -0.579. The Labute approximate surface area is 146 Å². The molecule has 9 heteroatoms. The number of hydrogen-bond donors (Lipinski definition) is 1. The number of thiophene rings is 1. The SMILES string of the molecule is CCOC(=O)CC(=O)CSc1ccc(NC(=O)c2cccs2)nn1. The molecule has 2 heterocycles. The fraction of sp³-hybridized carbons (Fsp3) is 0.267. The van der Waals surface area contributed by atoms with E-state index in [9.17, 15) is 14.4 Å². The van der Waals surface area contributed by atoms with Crippen LogP contribution in [0.3, 0.4) is 0 Å². The molecule has 0 saturated heterocycles. The Kier molecular flexibility index (Phi) is 6.89. The highest BCUT2D eigenvalue weighted by atomic mass is 32.2. The van der Waals surface area contributed by atoms with Crippen LogP contribution in [-0.4, -0.2) is 40.2 Å². The van der Waals surface area contributed by atoms with Crippen molar-refractivity contribution in [3.8, 4) is 0 Å². The molecule has 1 N–H and O–H groups in total. The van der Waals surface area contributed by atoms with Gasteiger partial charge in [0.2, 0.25) is 0 Å². The van der Waals surface area contributed by atoms with E-state index in [1.54, 1.807) is 31.2 Å². The van der Waals surface area contributed by atoms with Crippen molar-refractivity contribution < 1.29 is 19.1 Å². The molecule has 126 valence electrons. The number of Topliss-reactive ketones (excluding diaryl/α,β-unsaturated/α-hetero) is 1. The lowest BCUT2D eigenvalue weighted by molar-refractivity contribution is -0.145. The average molecular weight is 365 g/mol. The van der Waals surface area contributed by atoms with Crippen LogP contribution in [-0.2, 0) is 14.3 Å². The second kappa shape index (κ2) is 9.14. The van der Waals surface area contributed by atoms with Crippen molar-refractivity contribution >= 4 is 46.6 Å². The third-order valence-electron chi connectivity index (χ3n) is 2.65. The quantitative estimate of drug-likeness (QED) is 0.436. The second-order valence-corrected chi connectivity index (χ2v) is 6.44. The minimum absolute atomic E-state index is 0.106. The first-order valence-corrected chi connectivity index (χ1v) is 8.93. The van der Waals surface area contributed by atoms with Crippen molar-refractivity contribution in [2.75, 3.05) is 17.7 Å². The third kappa shape index (κ3) is 5.74. The molecule has 0 radical (unpaired) electrons. The highest BCUT2D eigenvalue weighted by Gasteiger charge is 2.12. The van der Waals surface area contributed by atoms with Gasteiger partial charge in [-0.05, 0) is 30.5 Å². The molecule has 0 bridgehead atoms. The molecule has 0 aliphatic rings. The van der Waals surface area contributed by atoms with Crippen LogP contribution in [0, 0.1) is 0 Å². The van der Waals surface area contributed by atoms with Gasteiger partial charge >= 0.3 is 5.97 Å². The Morgan fingerprint density at radius 3 is 2.71 bits per heavy atom. The summed E-state index contributed by atoms with van der Waals surface area (Å²) >= 11 is 2.51. The molecule has 0 atom stereocenters. The first kappa shape index (κ1) is 18.1. The summed E-state index contributed by atoms with van der Waals surface area (Å²) in [6.45, 7) is 1.94. The van der Waals surface area contributed by atoms with Crippen LogP contribution in [0.2, 0.25) is 0 Å². The predicted molar refractivity (Wildman–Crippen MR) is 91.3 cm³/mol. The molecule has 0 aliphatic carbocycles. The lowest BCUT2D eigenvalue weighted by atomic mass is 10.3. The molecule has 0 aliphatic heterocycles. The highest BCUT2D eigenvalue weighted by molar-refractivity contribution is 7.99. The monoisotopic (exact) mass is 365 g/mol. The molecule has 2 aromatic rings. The third-order valence-corrected chi connectivity index (χ3v) is 4.50. The smallest absolute Gasteiger partial charge is 0.313 e. The van der Waals surface area contributed by atoms with Gasteiger partial charge in [0.1, 0.15) is 11.4 Å². The summed E-state index contributed by atoms with van der Waals surface area (Å²) in [7, 11) is 0. The average Bonchev–Trinajstić information content (AvgIpc) is 3.09. The Morgan fingerprint density at radius 1 is 1.25 bits per heavy atom. The normalized spacial score (nSPS) is 10.2. The van der Waals surface area contributed by atoms with Crippen molar-refractivity contribution in [3.63, 3.8) is 0 Å². The summed E-state index contributed by atoms with van der Waals surface area (Å²) < 4.78 is 4.71. The van der Waals surface area contributed by atoms with E-state index in [1.165, 1.54) is 23.1 Å². The van der Waals surface area contributed by atoms with E-state index in [-0.39, 0.29) is 30.5 Å². The van der Waals surface area contributed by atoms with E-state index >= 15 is 0 Å². The standard InChI is InChI=1S/C15H15N3O4S2/c1-2-22-14(20)8-10(19)9-24-13-6-5-12(17-18-13)16-15(21)11-4-3-7-23-11/h3-7H,2,8-9H2,1H3,(H,16,17,21). The number of thioether (sulfide) groups is 1. The minimum atomic E-state index is -0.527. The Bertz CT molecular complexity index is 702. The number of carbonyl (C=O) groups is 3. The van der Waals surface area contributed by atoms with Gasteiger partial charge in [0.25, 0.3) is 5.91 Å². The van der Waals surface area contributed by atoms with Gasteiger partial charge < -0.3 is 10.1 Å². The van der Waals surface area contributed by atoms with Crippen molar-refractivity contribution in [1.82, 2.24) is 10.2 Å². The largest absolute Gasteiger partial charge is 0.466 e. The maximum absolute atomic E-state index is 11.9. The van der Waals surface area contributed by atoms with Crippen LogP contribution in [0.25, 0.3) is 0 Å². The number of rotatable bonds is 8. The van der Waals surface area contributed by atoms with Crippen LogP contribution in [0.5, 0.6) is 0 Å². The summed E-state index contributed by atoms with van der Waals surface area (Å²) in [5.41, 5.74) is 0. The molecule has 2 rings (SSSR count). The molecular weight excluding hydrogens is 350 g/mol. The zero-order valence-electron chi connectivity index (χ0n) is 12.9. The van der Waals surface area contributed by atoms with Crippen molar-refractivity contribution in [3.05, 3.63) is 34.5 Å². The van der Waals surface area contributed by atoms with Crippen LogP contribution in [0.4, 0.5) is 5.82 Å². The molecule has 0 fully saturated rings. The van der Waals surface area contributed by atoms with Crippen molar-refractivity contribution in [2.24, 2.45) is 0 Å². The first-order chi connectivity index (χ1) is 11.6. The molecule has 1 amide bonds. The topological polar surface area (TPSA) is 98.2 Å². The number of nitrogens with one attached hydrogen (secondary N) is 1. The molecular formula is C15H15N3O4S2. The minimum Gasteiger partial charge on any atom is -0.466 e. The van der Waals surface area contributed by atoms with E-state index in [2.05, 4.69) is 15.5 Å². The molecule has 0 aromatic carbocycles. The molecule has 0 unspecified atom stereocenters. The van der Waals surface area contributed by atoms with Gasteiger partial charge in [-0.1, -0.05) is 17.8 Å². The molecule has 7 nitrogen and oxygen atoms in total. The molecule has 0 spiro atoms. The first-order valence-electron chi connectivity index (χ1n) is 7.07. The maximum atomic E-state index is 11.9. The van der Waals surface area contributed by atoms with E-state index in [1.807, 2.05) is 5.38 Å². The van der Waals surface area contributed by atoms with E-state index in [4.69, 9.17) is 4.74 Å². The van der Waals surface area contributed by atoms with E-state index < -0.39 is 5.97 Å². The number of amides is 1. The van der Waals surface area contributed by atoms with Crippen molar-refractivity contribution in [1.29, 1.82) is 0 Å².